The van der Waals surface area contributed by atoms with Gasteiger partial charge in [-0.2, -0.15) is 13.2 Å². The molecule has 2 aromatic heterocycles. The van der Waals surface area contributed by atoms with E-state index in [4.69, 9.17) is 22.4 Å². The van der Waals surface area contributed by atoms with Gasteiger partial charge in [-0.1, -0.05) is 11.6 Å². The van der Waals surface area contributed by atoms with Gasteiger partial charge in [0.05, 0.1) is 0 Å². The zero-order chi connectivity index (χ0) is 13.5. The average Bonchev–Trinajstić information content (AvgIpc) is 2.29. The van der Waals surface area contributed by atoms with Crippen molar-refractivity contribution < 1.29 is 13.2 Å². The predicted molar refractivity (Wildman–Crippen MR) is 57.6 cm³/mol. The van der Waals surface area contributed by atoms with Gasteiger partial charge in [0, 0.05) is 6.20 Å². The summed E-state index contributed by atoms with van der Waals surface area (Å²) in [5, 5.41) is 14.1. The van der Waals surface area contributed by atoms with Gasteiger partial charge in [0.25, 0.3) is 0 Å². The largest absolute Gasteiger partial charge is 0.449 e. The molecular weight excluding hydrogens is 271 g/mol. The summed E-state index contributed by atoms with van der Waals surface area (Å²) in [6, 6.07) is 2.87. The monoisotopic (exact) mass is 275 g/mol. The maximum atomic E-state index is 12.6. The molecule has 2 aromatic rings. The van der Waals surface area contributed by atoms with Crippen LogP contribution in [0.25, 0.3) is 11.2 Å². The third-order valence-electron chi connectivity index (χ3n) is 2.11. The van der Waals surface area contributed by atoms with Crippen molar-refractivity contribution in [2.24, 2.45) is 0 Å². The highest BCUT2D eigenvalue weighted by Gasteiger charge is 2.37. The molecule has 2 N–H and O–H groups in total. The van der Waals surface area contributed by atoms with E-state index in [9.17, 15) is 13.2 Å². The number of nitrogens with zero attached hydrogens (tertiary/aromatic N) is 3. The Hall–Kier alpha value is -1.96. The highest BCUT2D eigenvalue weighted by atomic mass is 35.5. The van der Waals surface area contributed by atoms with Gasteiger partial charge >= 0.3 is 6.18 Å². The lowest BCUT2D eigenvalue weighted by Gasteiger charge is -2.13. The van der Waals surface area contributed by atoms with E-state index in [2.05, 4.69) is 9.97 Å². The van der Waals surface area contributed by atoms with Gasteiger partial charge < -0.3 is 0 Å². The molecule has 0 fully saturated rings. The Morgan fingerprint density at radius 3 is 2.67 bits per heavy atom. The lowest BCUT2D eigenvalue weighted by atomic mass is 10.4. The Morgan fingerprint density at radius 1 is 1.39 bits per heavy atom. The molecule has 94 valence electrons. The van der Waals surface area contributed by atoms with Gasteiger partial charge in [0.15, 0.2) is 16.3 Å². The highest BCUT2D eigenvalue weighted by molar-refractivity contribution is 6.29. The summed E-state index contributed by atoms with van der Waals surface area (Å²) in [4.78, 5) is 7.43. The number of pyridine rings is 1. The first-order chi connectivity index (χ1) is 8.32. The second kappa shape index (κ2) is 4.05. The molecule has 0 radical (unpaired) electrons. The second-order valence-corrected chi connectivity index (χ2v) is 3.64. The molecule has 0 aliphatic rings. The molecule has 0 spiro atoms. The normalized spacial score (nSPS) is 11.8. The fraction of sp³-hybridized carbons (Fsp3) is 0.111. The summed E-state index contributed by atoms with van der Waals surface area (Å²) >= 11 is 5.58. The Morgan fingerprint density at radius 2 is 2.06 bits per heavy atom. The van der Waals surface area contributed by atoms with Gasteiger partial charge in [-0.3, -0.25) is 15.4 Å². The summed E-state index contributed by atoms with van der Waals surface area (Å²) < 4.78 is 38.0. The first kappa shape index (κ1) is 12.5. The Bertz CT molecular complexity index is 691. The van der Waals surface area contributed by atoms with Crippen LogP contribution in [0.2, 0.25) is 5.15 Å². The molecule has 0 aliphatic heterocycles. The van der Waals surface area contributed by atoms with E-state index in [1.165, 1.54) is 18.3 Å². The topological polar surface area (TPSA) is 78.4 Å². The van der Waals surface area contributed by atoms with Crippen molar-refractivity contribution in [1.82, 2.24) is 14.5 Å². The second-order valence-electron chi connectivity index (χ2n) is 3.28. The fourth-order valence-electron chi connectivity index (χ4n) is 1.35. The first-order valence-corrected chi connectivity index (χ1v) is 4.94. The number of hydrogen-bond acceptors (Lipinski definition) is 4. The number of fused-ring (bicyclic) bond motifs is 1. The Kier molecular flexibility index (Phi) is 2.81. The third-order valence-corrected chi connectivity index (χ3v) is 2.37. The van der Waals surface area contributed by atoms with Crippen LogP contribution in [0.1, 0.15) is 0 Å². The van der Waals surface area contributed by atoms with E-state index in [-0.39, 0.29) is 11.2 Å². The van der Waals surface area contributed by atoms with Crippen LogP contribution in [0.15, 0.2) is 18.3 Å². The van der Waals surface area contributed by atoms with Gasteiger partial charge in [-0.05, 0) is 12.1 Å². The minimum Gasteiger partial charge on any atom is -0.281 e. The smallest absolute Gasteiger partial charge is 0.281 e. The van der Waals surface area contributed by atoms with Crippen LogP contribution in [0.3, 0.4) is 0 Å². The van der Waals surface area contributed by atoms with Gasteiger partial charge in [-0.25, -0.2) is 9.97 Å². The molecule has 2 rings (SSSR count). The fourth-order valence-corrected chi connectivity index (χ4v) is 1.52. The van der Waals surface area contributed by atoms with Crippen LogP contribution in [0.5, 0.6) is 0 Å². The van der Waals surface area contributed by atoms with Crippen molar-refractivity contribution in [3.8, 4) is 0 Å². The van der Waals surface area contributed by atoms with Crippen molar-refractivity contribution in [2.45, 2.75) is 6.18 Å². The van der Waals surface area contributed by atoms with Crippen LogP contribution < -0.4 is 5.49 Å². The number of alkyl halides is 3. The Balaban J connectivity index is 2.88. The van der Waals surface area contributed by atoms with Crippen LogP contribution >= 0.6 is 11.6 Å². The highest BCUT2D eigenvalue weighted by Crippen LogP contribution is 2.19. The SMILES string of the molecule is N=C(n1c(=N)c(Cl)nc2cccnc21)C(F)(F)F. The van der Waals surface area contributed by atoms with Crippen LogP contribution in [0.4, 0.5) is 13.2 Å². The van der Waals surface area contributed by atoms with Crippen molar-refractivity contribution in [3.05, 3.63) is 29.0 Å². The lowest BCUT2D eigenvalue weighted by molar-refractivity contribution is -0.0624. The summed E-state index contributed by atoms with van der Waals surface area (Å²) in [5.74, 6) is -1.74. The molecule has 0 aromatic carbocycles. The molecule has 9 heteroatoms. The number of hydrogen-bond donors (Lipinski definition) is 2. The number of halogens is 4. The third kappa shape index (κ3) is 1.94. The van der Waals surface area contributed by atoms with Gasteiger partial charge in [-0.15, -0.1) is 0 Å². The number of rotatable bonds is 0. The first-order valence-electron chi connectivity index (χ1n) is 4.56. The van der Waals surface area contributed by atoms with E-state index in [1.807, 2.05) is 0 Å². The zero-order valence-electron chi connectivity index (χ0n) is 8.59. The maximum Gasteiger partial charge on any atom is 0.449 e. The summed E-state index contributed by atoms with van der Waals surface area (Å²) in [7, 11) is 0. The van der Waals surface area contributed by atoms with E-state index < -0.39 is 22.7 Å². The molecule has 18 heavy (non-hydrogen) atoms. The molecule has 0 saturated heterocycles. The molecule has 0 unspecified atom stereocenters. The van der Waals surface area contributed by atoms with Crippen molar-refractivity contribution >= 4 is 28.6 Å². The van der Waals surface area contributed by atoms with E-state index in [0.717, 1.165) is 0 Å². The number of aromatic nitrogens is 3. The molecule has 5 nitrogen and oxygen atoms in total. The number of nitrogens with one attached hydrogen (secondary N) is 2. The maximum absolute atomic E-state index is 12.6. The molecule has 0 aliphatic carbocycles. The van der Waals surface area contributed by atoms with Crippen LogP contribution in [-0.2, 0) is 0 Å². The Labute approximate surface area is 103 Å². The van der Waals surface area contributed by atoms with E-state index >= 15 is 0 Å². The van der Waals surface area contributed by atoms with E-state index in [1.54, 1.807) is 0 Å². The minimum absolute atomic E-state index is 0.0764. The van der Waals surface area contributed by atoms with Crippen LogP contribution in [-0.4, -0.2) is 26.5 Å². The molecule has 0 amide bonds. The van der Waals surface area contributed by atoms with Gasteiger partial charge in [0.1, 0.15) is 5.52 Å². The lowest BCUT2D eigenvalue weighted by Crippen LogP contribution is -2.38. The summed E-state index contributed by atoms with van der Waals surface area (Å²) in [6.07, 6.45) is -3.66. The van der Waals surface area contributed by atoms with Crippen LogP contribution in [0, 0.1) is 10.8 Å². The minimum atomic E-state index is -4.91. The predicted octanol–water partition coefficient (Wildman–Crippen LogP) is 1.95. The zero-order valence-corrected chi connectivity index (χ0v) is 9.34. The molecule has 0 bridgehead atoms. The molecule has 2 heterocycles. The van der Waals surface area contributed by atoms with Gasteiger partial charge in [0.2, 0.25) is 5.84 Å². The summed E-state index contributed by atoms with van der Waals surface area (Å²) in [6.45, 7) is 0. The standard InChI is InChI=1S/C9H5ClF3N5/c10-5-6(14)18(8(15)9(11,12)13)7-4(17-5)2-1-3-16-7/h1-3,14-15H. The summed E-state index contributed by atoms with van der Waals surface area (Å²) in [5.41, 5.74) is -0.896. The van der Waals surface area contributed by atoms with Crippen molar-refractivity contribution in [1.29, 1.82) is 10.8 Å². The quantitative estimate of drug-likeness (QED) is 0.569. The molecular formula is C9H5ClF3N5. The van der Waals surface area contributed by atoms with Crippen molar-refractivity contribution in [2.75, 3.05) is 0 Å². The van der Waals surface area contributed by atoms with E-state index in [0.29, 0.717) is 4.57 Å². The average molecular weight is 276 g/mol. The molecule has 0 atom stereocenters. The van der Waals surface area contributed by atoms with Crippen molar-refractivity contribution in [3.63, 3.8) is 0 Å². The molecule has 0 saturated carbocycles.